The second-order valence-corrected chi connectivity index (χ2v) is 0. The van der Waals surface area contributed by atoms with Crippen LogP contribution in [-0.4, -0.2) is 0 Å². The van der Waals surface area contributed by atoms with Crippen molar-refractivity contribution in [1.82, 2.24) is 67.7 Å². The molecule has 110 valence electrons. The summed E-state index contributed by atoms with van der Waals surface area (Å²) < 4.78 is 0. The molecular weight excluding hydrogens is 218 g/mol. The largest absolute Gasteiger partial charge is 0.344 e. The summed E-state index contributed by atoms with van der Waals surface area (Å²) in [5.74, 6) is 8.00. The Morgan fingerprint density at radius 3 is 0.286 bits per heavy atom. The fourth-order valence-electron chi connectivity index (χ4n) is 0. The van der Waals surface area contributed by atoms with Gasteiger partial charge in [-0.05, 0) is 0 Å². The Bertz CT molecular complexity index is 5.20. The summed E-state index contributed by atoms with van der Waals surface area (Å²) in [5, 5.41) is 0. The van der Waals surface area contributed by atoms with Gasteiger partial charge in [0.1, 0.15) is 0 Å². The second kappa shape index (κ2) is 33400. The normalized spacial score (nSPS) is 0.429. The molecule has 0 amide bonds. The second-order valence-electron chi connectivity index (χ2n) is 0. The maximum absolute atomic E-state index is 4.00. The van der Waals surface area contributed by atoms with Crippen LogP contribution < -0.4 is 79.3 Å². The molecular formula is H38ClN13. The molecule has 0 aliphatic heterocycles. The van der Waals surface area contributed by atoms with Gasteiger partial charge in [0.2, 0.25) is 0 Å². The molecule has 0 atom stereocenters. The molecule has 0 rings (SSSR count). The number of nitrogens with two attached hydrogens (primary N) is 2. The molecule has 0 aliphatic rings. The van der Waals surface area contributed by atoms with Gasteiger partial charge in [0.15, 0.2) is 0 Å². The minimum Gasteiger partial charge on any atom is -0.344 e. The van der Waals surface area contributed by atoms with Crippen LogP contribution in [0.1, 0.15) is 0 Å². The molecule has 0 bridgehead atoms. The molecule has 0 saturated carbocycles. The lowest BCUT2D eigenvalue weighted by Gasteiger charge is -1.27. The van der Waals surface area contributed by atoms with E-state index in [-0.39, 0.29) is 80.1 Å². The van der Waals surface area contributed by atoms with Gasteiger partial charge >= 0.3 is 0 Å². The van der Waals surface area contributed by atoms with Gasteiger partial charge in [0.25, 0.3) is 0 Å². The third-order valence-corrected chi connectivity index (χ3v) is 0. The van der Waals surface area contributed by atoms with E-state index in [0.717, 1.165) is 0 Å². The zero-order valence-corrected chi connectivity index (χ0v) is 10.2. The van der Waals surface area contributed by atoms with Crippen molar-refractivity contribution in [3.8, 4) is 0 Å². The van der Waals surface area contributed by atoms with Crippen molar-refractivity contribution < 1.29 is 0 Å². The molecule has 0 spiro atoms. The molecule has 0 aromatic heterocycles. The Labute approximate surface area is 92.7 Å². The predicted octanol–water partition coefficient (Wildman–Crippen LogP) is 1.02. The van der Waals surface area contributed by atoms with Gasteiger partial charge in [-0.1, -0.05) is 0 Å². The van der Waals surface area contributed by atoms with Crippen LogP contribution in [0.2, 0.25) is 0 Å². The summed E-state index contributed by atoms with van der Waals surface area (Å²) in [4.78, 5) is 0. The number of rotatable bonds is 0. The lowest BCUT2D eigenvalue weighted by molar-refractivity contribution is 1.26. The van der Waals surface area contributed by atoms with E-state index in [4.69, 9.17) is 0 Å². The summed E-state index contributed by atoms with van der Waals surface area (Å²) in [6, 6.07) is 0. The molecule has 13 nitrogen and oxygen atoms in total. The van der Waals surface area contributed by atoms with Crippen LogP contribution in [0.25, 0.3) is 0 Å². The maximum atomic E-state index is 4.00. The lowest BCUT2D eigenvalue weighted by Crippen LogP contribution is -2.02. The number of hydrazine groups is 1. The summed E-state index contributed by atoms with van der Waals surface area (Å²) in [6.07, 6.45) is 0. The van der Waals surface area contributed by atoms with E-state index in [9.17, 15) is 0 Å². The average Bonchev–Trinajstić information content (AvgIpc) is 1.00. The van der Waals surface area contributed by atoms with Crippen molar-refractivity contribution in [2.24, 2.45) is 11.7 Å². The molecule has 0 aliphatic carbocycles. The first-order valence-electron chi connectivity index (χ1n) is 0.333. The average molecular weight is 256 g/mol. The van der Waals surface area contributed by atoms with Crippen molar-refractivity contribution in [3.05, 3.63) is 0 Å². The fourth-order valence-corrected chi connectivity index (χ4v) is 0. The van der Waals surface area contributed by atoms with Gasteiger partial charge < -0.3 is 67.7 Å². The monoisotopic (exact) mass is 255 g/mol. The van der Waals surface area contributed by atoms with Gasteiger partial charge in [-0.15, -0.1) is 12.4 Å². The first-order chi connectivity index (χ1) is 1.00. The quantitative estimate of drug-likeness (QED) is 0.212. The van der Waals surface area contributed by atoms with Crippen molar-refractivity contribution in [3.63, 3.8) is 0 Å². The third kappa shape index (κ3) is 25800. The van der Waals surface area contributed by atoms with Gasteiger partial charge in [-0.3, -0.25) is 11.7 Å². The molecule has 0 aromatic rings. The molecule has 0 fully saturated rings. The first kappa shape index (κ1) is 3790. The third-order valence-electron chi connectivity index (χ3n) is 0. The number of hydrogen-bond acceptors (Lipinski definition) is 13. The molecule has 0 heterocycles. The Morgan fingerprint density at radius 1 is 0.286 bits per heavy atom. The van der Waals surface area contributed by atoms with Crippen LogP contribution in [0.15, 0.2) is 0 Å². The molecule has 14 heteroatoms. The molecule has 0 aromatic carbocycles. The summed E-state index contributed by atoms with van der Waals surface area (Å²) in [5.41, 5.74) is 0. The van der Waals surface area contributed by atoms with Gasteiger partial charge in [0.05, 0.1) is 0 Å². The topological polar surface area (TPSA) is 437 Å². The Balaban J connectivity index is -0.0000000000758. The Hall–Kier alpha value is -0.230. The maximum Gasteiger partial charge on any atom is -0.147 e. The zero-order chi connectivity index (χ0) is 2.00. The molecule has 14 heavy (non-hydrogen) atoms. The van der Waals surface area contributed by atoms with E-state index in [1.165, 1.54) is 0 Å². The van der Waals surface area contributed by atoms with E-state index in [0.29, 0.717) is 0 Å². The minimum absolute atomic E-state index is 0. The van der Waals surface area contributed by atoms with Crippen LogP contribution >= 0.6 is 12.4 Å². The van der Waals surface area contributed by atoms with Crippen molar-refractivity contribution in [2.75, 3.05) is 0 Å². The standard InChI is InChI=1S/ClH.H4N2.11H3N/c;1-2;;;;;;;;;;;/h1H;1-2H2;11*1H3. The predicted molar refractivity (Wildman–Crippen MR) is 70.9 cm³/mol. The van der Waals surface area contributed by atoms with Crippen molar-refractivity contribution in [2.45, 2.75) is 0 Å². The van der Waals surface area contributed by atoms with Crippen LogP contribution in [0.3, 0.4) is 0 Å². The smallest absolute Gasteiger partial charge is 0.147 e. The fraction of sp³-hybridized carbons (Fsp3) is 0. The van der Waals surface area contributed by atoms with E-state index in [1.807, 2.05) is 0 Å². The SMILES string of the molecule is Cl.N.N.N.N.N.N.N.N.N.N.N.NN. The number of hydrogen-bond donors (Lipinski definition) is 13. The van der Waals surface area contributed by atoms with Crippen LogP contribution in [0.5, 0.6) is 0 Å². The summed E-state index contributed by atoms with van der Waals surface area (Å²) in [7, 11) is 0. The highest BCUT2D eigenvalue weighted by atomic mass is 35.5. The highest BCUT2D eigenvalue weighted by molar-refractivity contribution is 5.85. The van der Waals surface area contributed by atoms with Crippen molar-refractivity contribution >= 4 is 12.4 Å². The minimum atomic E-state index is 0. The summed E-state index contributed by atoms with van der Waals surface area (Å²) >= 11 is 0. The van der Waals surface area contributed by atoms with Gasteiger partial charge in [-0.25, -0.2) is 0 Å². The van der Waals surface area contributed by atoms with Crippen LogP contribution in [0.4, 0.5) is 0 Å². The molecule has 37 N–H and O–H groups in total. The molecule has 0 unspecified atom stereocenters. The number of halogens is 1. The van der Waals surface area contributed by atoms with Crippen molar-refractivity contribution in [1.29, 1.82) is 0 Å². The van der Waals surface area contributed by atoms with E-state index in [1.54, 1.807) is 0 Å². The van der Waals surface area contributed by atoms with E-state index in [2.05, 4.69) is 11.7 Å². The Morgan fingerprint density at radius 2 is 0.286 bits per heavy atom. The van der Waals surface area contributed by atoms with Crippen LogP contribution in [-0.2, 0) is 0 Å². The highest BCUT2D eigenvalue weighted by Crippen LogP contribution is 0.690. The van der Waals surface area contributed by atoms with Gasteiger partial charge in [-0.2, -0.15) is 0 Å². The van der Waals surface area contributed by atoms with E-state index < -0.39 is 0 Å². The van der Waals surface area contributed by atoms with Crippen LogP contribution in [0, 0.1) is 0 Å². The van der Waals surface area contributed by atoms with Gasteiger partial charge in [0, 0.05) is 0 Å². The zero-order valence-electron chi connectivity index (χ0n) is 9.34. The highest BCUT2D eigenvalue weighted by Gasteiger charge is 0.726. The Kier molecular flexibility index (Phi) is 9050000. The molecule has 0 radical (unpaired) electrons. The van der Waals surface area contributed by atoms with E-state index >= 15 is 0 Å². The first-order valence-corrected chi connectivity index (χ1v) is 0.333. The molecule has 0 saturated heterocycles. The lowest BCUT2D eigenvalue weighted by atomic mass is 13.0. The summed E-state index contributed by atoms with van der Waals surface area (Å²) in [6.45, 7) is 0.